The van der Waals surface area contributed by atoms with Crippen LogP contribution in [-0.2, 0) is 9.47 Å². The average molecular weight is 583 g/mol. The second kappa shape index (κ2) is 11.2. The van der Waals surface area contributed by atoms with Crippen LogP contribution in [0.3, 0.4) is 0 Å². The Labute approximate surface area is 242 Å². The van der Waals surface area contributed by atoms with E-state index in [2.05, 4.69) is 10.1 Å². The third-order valence-electron chi connectivity index (χ3n) is 8.35. The average Bonchev–Trinajstić information content (AvgIpc) is 3.38. The lowest BCUT2D eigenvalue weighted by Gasteiger charge is -2.50. The summed E-state index contributed by atoms with van der Waals surface area (Å²) in [5.74, 6) is -6.57. The zero-order valence-corrected chi connectivity index (χ0v) is 23.9. The Kier molecular flexibility index (Phi) is 7.84. The van der Waals surface area contributed by atoms with Gasteiger partial charge in [-0.3, -0.25) is 14.6 Å². The number of ketones is 2. The number of fused-ring (bicyclic) bond motifs is 4. The Bertz CT molecular complexity index is 1490. The van der Waals surface area contributed by atoms with E-state index in [-0.39, 0.29) is 53.0 Å². The molecule has 0 amide bonds. The van der Waals surface area contributed by atoms with Crippen molar-refractivity contribution in [2.75, 3.05) is 20.3 Å². The van der Waals surface area contributed by atoms with Gasteiger partial charge < -0.3 is 34.1 Å². The first-order chi connectivity index (χ1) is 20.1. The van der Waals surface area contributed by atoms with Crippen molar-refractivity contribution in [3.05, 3.63) is 52.0 Å². The zero-order valence-electron chi connectivity index (χ0n) is 23.9. The van der Waals surface area contributed by atoms with E-state index in [1.807, 2.05) is 13.8 Å². The summed E-state index contributed by atoms with van der Waals surface area (Å²) >= 11 is 0. The van der Waals surface area contributed by atoms with E-state index in [4.69, 9.17) is 18.7 Å². The molecule has 12 nitrogen and oxygen atoms in total. The van der Waals surface area contributed by atoms with Gasteiger partial charge in [0.15, 0.2) is 17.1 Å². The van der Waals surface area contributed by atoms with Crippen LogP contribution in [-0.4, -0.2) is 75.9 Å². The smallest absolute Gasteiger partial charge is 0.508 e. The Morgan fingerprint density at radius 2 is 1.83 bits per heavy atom. The fourth-order valence-corrected chi connectivity index (χ4v) is 6.25. The number of aliphatic hydroxyl groups is 2. The lowest BCUT2D eigenvalue weighted by Crippen LogP contribution is -2.65. The molecule has 0 saturated carbocycles. The van der Waals surface area contributed by atoms with Crippen LogP contribution in [0.5, 0.6) is 11.6 Å². The minimum atomic E-state index is -2.81. The summed E-state index contributed by atoms with van der Waals surface area (Å²) in [6.07, 6.45) is 0.291. The standard InChI is InChI=1S/C30H34N2O10/c1-5-7-12-39-28-20-25(42-32-28)22(31-4)21-24(41-29(37)40-13-8-6-2)17-14(3)15-10-9-11-16(33)18(15)23(34)19(17)26(35)30(21,38)27(20)36/h9-11,14,17,21,24,33,35,38H,5-8,12-13H2,1-4H3/b31-22-/t14-,17+,21+,24-,30-/m0/s1. The van der Waals surface area contributed by atoms with Crippen molar-refractivity contribution >= 4 is 23.4 Å². The van der Waals surface area contributed by atoms with Crippen molar-refractivity contribution in [1.82, 2.24) is 5.16 Å². The first kappa shape index (κ1) is 29.3. The fourth-order valence-electron chi connectivity index (χ4n) is 6.25. The molecule has 12 heteroatoms. The molecular weight excluding hydrogens is 548 g/mol. The highest BCUT2D eigenvalue weighted by Gasteiger charge is 2.68. The van der Waals surface area contributed by atoms with Gasteiger partial charge in [0.2, 0.25) is 5.78 Å². The molecule has 5 rings (SSSR count). The van der Waals surface area contributed by atoms with E-state index in [1.165, 1.54) is 13.1 Å². The minimum Gasteiger partial charge on any atom is -0.508 e. The molecular formula is C30H34N2O10. The lowest BCUT2D eigenvalue weighted by molar-refractivity contribution is -0.0760. The second-order valence-corrected chi connectivity index (χ2v) is 10.8. The van der Waals surface area contributed by atoms with Gasteiger partial charge >= 0.3 is 6.16 Å². The number of aliphatic imine (C=N–C) groups is 1. The summed E-state index contributed by atoms with van der Waals surface area (Å²) in [4.78, 5) is 45.4. The predicted molar refractivity (Wildman–Crippen MR) is 147 cm³/mol. The summed E-state index contributed by atoms with van der Waals surface area (Å²) < 4.78 is 22.3. The maximum absolute atomic E-state index is 14.2. The molecule has 0 fully saturated rings. The molecule has 3 aliphatic carbocycles. The maximum atomic E-state index is 14.2. The summed E-state index contributed by atoms with van der Waals surface area (Å²) in [6, 6.07) is 4.56. The lowest BCUT2D eigenvalue weighted by atomic mass is 9.56. The van der Waals surface area contributed by atoms with Crippen LogP contribution in [0.4, 0.5) is 4.79 Å². The molecule has 1 heterocycles. The van der Waals surface area contributed by atoms with Crippen LogP contribution < -0.4 is 4.74 Å². The highest BCUT2D eigenvalue weighted by molar-refractivity contribution is 6.23. The van der Waals surface area contributed by atoms with Gasteiger partial charge in [0, 0.05) is 18.5 Å². The normalized spacial score (nSPS) is 27.2. The second-order valence-electron chi connectivity index (χ2n) is 10.8. The third kappa shape index (κ3) is 4.27. The predicted octanol–water partition coefficient (Wildman–Crippen LogP) is 4.29. The topological polar surface area (TPSA) is 178 Å². The zero-order chi connectivity index (χ0) is 30.3. The van der Waals surface area contributed by atoms with E-state index in [9.17, 15) is 29.7 Å². The molecule has 0 bridgehead atoms. The highest BCUT2D eigenvalue weighted by Crippen LogP contribution is 2.56. The molecule has 0 saturated heterocycles. The monoisotopic (exact) mass is 582 g/mol. The van der Waals surface area contributed by atoms with Crippen molar-refractivity contribution in [3.8, 4) is 11.6 Å². The van der Waals surface area contributed by atoms with Gasteiger partial charge in [0.05, 0.1) is 30.4 Å². The van der Waals surface area contributed by atoms with Crippen molar-refractivity contribution in [2.24, 2.45) is 16.8 Å². The van der Waals surface area contributed by atoms with Gasteiger partial charge in [-0.2, -0.15) is 0 Å². The summed E-state index contributed by atoms with van der Waals surface area (Å²) in [5.41, 5.74) is -3.05. The number of carbonyl (C=O) groups excluding carboxylic acids is 3. The van der Waals surface area contributed by atoms with Crippen LogP contribution in [0.15, 0.2) is 39.0 Å². The van der Waals surface area contributed by atoms with Crippen molar-refractivity contribution in [2.45, 2.75) is 64.1 Å². The van der Waals surface area contributed by atoms with E-state index >= 15 is 0 Å². The number of unbranched alkanes of at least 4 members (excludes halogenated alkanes) is 2. The summed E-state index contributed by atoms with van der Waals surface area (Å²) in [5, 5.41) is 38.5. The van der Waals surface area contributed by atoms with Crippen molar-refractivity contribution in [3.63, 3.8) is 0 Å². The Hall–Kier alpha value is -4.19. The largest absolute Gasteiger partial charge is 0.508 e. The minimum absolute atomic E-state index is 0.0109. The number of benzene rings is 1. The maximum Gasteiger partial charge on any atom is 0.508 e. The fraction of sp³-hybridized carbons (Fsp3) is 0.500. The van der Waals surface area contributed by atoms with E-state index in [0.29, 0.717) is 18.4 Å². The van der Waals surface area contributed by atoms with Crippen LogP contribution in [0.25, 0.3) is 0 Å². The van der Waals surface area contributed by atoms with Crippen LogP contribution in [0.2, 0.25) is 0 Å². The van der Waals surface area contributed by atoms with E-state index in [0.717, 1.165) is 12.8 Å². The number of aromatic hydroxyl groups is 1. The van der Waals surface area contributed by atoms with Crippen LogP contribution in [0.1, 0.15) is 84.4 Å². The van der Waals surface area contributed by atoms with Crippen LogP contribution in [0, 0.1) is 11.8 Å². The van der Waals surface area contributed by atoms with E-state index < -0.39 is 52.9 Å². The Morgan fingerprint density at radius 3 is 2.52 bits per heavy atom. The Morgan fingerprint density at radius 1 is 1.12 bits per heavy atom. The molecule has 5 atom stereocenters. The van der Waals surface area contributed by atoms with E-state index in [1.54, 1.807) is 19.1 Å². The molecule has 224 valence electrons. The molecule has 0 unspecified atom stereocenters. The first-order valence-corrected chi connectivity index (χ1v) is 14.1. The molecule has 2 aromatic rings. The number of nitrogens with zero attached hydrogens (tertiary/aromatic N) is 2. The molecule has 0 radical (unpaired) electrons. The number of hydrogen-bond acceptors (Lipinski definition) is 12. The first-order valence-electron chi connectivity index (χ1n) is 14.1. The van der Waals surface area contributed by atoms with Gasteiger partial charge in [-0.1, -0.05) is 45.7 Å². The van der Waals surface area contributed by atoms with Gasteiger partial charge in [-0.05, 0) is 35.5 Å². The quantitative estimate of drug-likeness (QED) is 0.299. The number of Topliss-reactive ketones (excluding diaryl/α,β-unsaturated/α-hetero) is 2. The van der Waals surface area contributed by atoms with Crippen molar-refractivity contribution < 1.29 is 48.4 Å². The number of rotatable bonds is 8. The number of hydrogen-bond donors (Lipinski definition) is 3. The molecule has 3 aliphatic rings. The third-order valence-corrected chi connectivity index (χ3v) is 8.35. The SMILES string of the molecule is CCCCOC(=O)O[C@H]1[C@H]2C(=C(O)[C@]3(O)C(=O)c4c(OCCCC)noc4/C(=N\C)[C@H]13)C(=O)c1c(O)cccc1[C@@H]2C. The van der Waals surface area contributed by atoms with Crippen LogP contribution >= 0.6 is 0 Å². The highest BCUT2D eigenvalue weighted by atomic mass is 16.7. The number of aromatic nitrogens is 1. The number of phenols is 1. The Balaban J connectivity index is 1.73. The number of ether oxygens (including phenoxy) is 3. The van der Waals surface area contributed by atoms with Gasteiger partial charge in [-0.25, -0.2) is 4.79 Å². The summed E-state index contributed by atoms with van der Waals surface area (Å²) in [6.45, 7) is 5.89. The van der Waals surface area contributed by atoms with Gasteiger partial charge in [0.1, 0.15) is 23.2 Å². The molecule has 1 aromatic heterocycles. The van der Waals surface area contributed by atoms with Crippen molar-refractivity contribution in [1.29, 1.82) is 0 Å². The number of phenolic OH excluding ortho intramolecular Hbond substituents is 1. The van der Waals surface area contributed by atoms with Gasteiger partial charge in [0.25, 0.3) is 5.88 Å². The molecule has 3 N–H and O–H groups in total. The number of carbonyl (C=O) groups is 3. The molecule has 0 aliphatic heterocycles. The number of aliphatic hydroxyl groups excluding tert-OH is 1. The molecule has 42 heavy (non-hydrogen) atoms. The molecule has 1 aromatic carbocycles. The summed E-state index contributed by atoms with van der Waals surface area (Å²) in [7, 11) is 1.39. The van der Waals surface area contributed by atoms with Gasteiger partial charge in [-0.15, -0.1) is 0 Å². The molecule has 0 spiro atoms.